The first-order valence-electron chi connectivity index (χ1n) is 3.32. The van der Waals surface area contributed by atoms with Gasteiger partial charge in [-0.05, 0) is 17.7 Å². The third kappa shape index (κ3) is 1.55. The number of fused-ring (bicyclic) bond motifs is 1. The molecule has 3 nitrogen and oxygen atoms in total. The monoisotopic (exact) mass is 233 g/mol. The molecule has 0 atom stereocenters. The summed E-state index contributed by atoms with van der Waals surface area (Å²) in [6, 6.07) is 1.61. The van der Waals surface area contributed by atoms with E-state index in [1.165, 1.54) is 6.20 Å². The van der Waals surface area contributed by atoms with E-state index >= 15 is 0 Å². The number of aromatic nitrogens is 3. The van der Waals surface area contributed by atoms with Gasteiger partial charge in [-0.25, -0.2) is 9.97 Å². The van der Waals surface area contributed by atoms with E-state index in [0.29, 0.717) is 16.1 Å². The Labute approximate surface area is 88.7 Å². The highest BCUT2D eigenvalue weighted by Gasteiger charge is 2.07. The molecule has 2 rings (SSSR count). The van der Waals surface area contributed by atoms with Crippen molar-refractivity contribution in [1.29, 1.82) is 0 Å². The minimum atomic E-state index is 0.0624. The van der Waals surface area contributed by atoms with Crippen molar-refractivity contribution in [3.63, 3.8) is 0 Å². The van der Waals surface area contributed by atoms with Crippen molar-refractivity contribution in [3.05, 3.63) is 27.7 Å². The fourth-order valence-electron chi connectivity index (χ4n) is 0.939. The van der Waals surface area contributed by atoms with Gasteiger partial charge in [0.1, 0.15) is 11.0 Å². The third-order valence-corrected chi connectivity index (χ3v) is 2.20. The van der Waals surface area contributed by atoms with Crippen LogP contribution in [0.25, 0.3) is 11.0 Å². The summed E-state index contributed by atoms with van der Waals surface area (Å²) in [5.41, 5.74) is 0.924. The Balaban J connectivity index is 2.94. The average molecular weight is 234 g/mol. The molecule has 2 heterocycles. The summed E-state index contributed by atoms with van der Waals surface area (Å²) in [5, 5.41) is 0.723. The molecular formula is C7H2Cl3N3. The lowest BCUT2D eigenvalue weighted by atomic mass is 10.4. The summed E-state index contributed by atoms with van der Waals surface area (Å²) in [6.07, 6.45) is 1.54. The summed E-state index contributed by atoms with van der Waals surface area (Å²) >= 11 is 17.2. The molecule has 0 saturated carbocycles. The Morgan fingerprint density at radius 3 is 2.54 bits per heavy atom. The summed E-state index contributed by atoms with van der Waals surface area (Å²) in [6.45, 7) is 0. The van der Waals surface area contributed by atoms with E-state index < -0.39 is 0 Å². The predicted molar refractivity (Wildman–Crippen MR) is 52.4 cm³/mol. The average Bonchev–Trinajstić information content (AvgIpc) is 2.07. The molecule has 0 bridgehead atoms. The highest BCUT2D eigenvalue weighted by atomic mass is 35.5. The van der Waals surface area contributed by atoms with Crippen LogP contribution in [0.5, 0.6) is 0 Å². The van der Waals surface area contributed by atoms with Crippen LogP contribution in [0.4, 0.5) is 0 Å². The molecule has 0 aliphatic heterocycles. The standard InChI is InChI=1S/C7H2Cl3N3/c8-3-1-2-11-5-4(3)12-7(10)13-6(5)9/h1-2H. The Kier molecular flexibility index (Phi) is 2.24. The first kappa shape index (κ1) is 8.94. The zero-order valence-electron chi connectivity index (χ0n) is 6.13. The van der Waals surface area contributed by atoms with Gasteiger partial charge in [0.05, 0.1) is 5.02 Å². The van der Waals surface area contributed by atoms with Crippen LogP contribution in [-0.4, -0.2) is 15.0 Å². The van der Waals surface area contributed by atoms with Crippen molar-refractivity contribution >= 4 is 45.8 Å². The lowest BCUT2D eigenvalue weighted by Crippen LogP contribution is -1.89. The Morgan fingerprint density at radius 2 is 1.77 bits per heavy atom. The van der Waals surface area contributed by atoms with Crippen LogP contribution in [0.3, 0.4) is 0 Å². The van der Waals surface area contributed by atoms with Crippen LogP contribution in [0, 0.1) is 0 Å². The third-order valence-electron chi connectivity index (χ3n) is 1.46. The number of hydrogen-bond donors (Lipinski definition) is 0. The molecule has 0 aromatic carbocycles. The molecule has 66 valence electrons. The number of halogens is 3. The summed E-state index contributed by atoms with van der Waals surface area (Å²) < 4.78 is 0. The quantitative estimate of drug-likeness (QED) is 0.519. The summed E-state index contributed by atoms with van der Waals surface area (Å²) in [5.74, 6) is 0. The fourth-order valence-corrected chi connectivity index (χ4v) is 1.56. The molecule has 0 amide bonds. The fraction of sp³-hybridized carbons (Fsp3) is 0. The van der Waals surface area contributed by atoms with Crippen molar-refractivity contribution in [3.8, 4) is 0 Å². The minimum absolute atomic E-state index is 0.0624. The molecule has 13 heavy (non-hydrogen) atoms. The molecular weight excluding hydrogens is 232 g/mol. The van der Waals surface area contributed by atoms with Crippen LogP contribution in [0.2, 0.25) is 15.5 Å². The predicted octanol–water partition coefficient (Wildman–Crippen LogP) is 2.99. The van der Waals surface area contributed by atoms with Gasteiger partial charge in [-0.3, -0.25) is 4.98 Å². The normalized spacial score (nSPS) is 10.7. The van der Waals surface area contributed by atoms with E-state index in [2.05, 4.69) is 15.0 Å². The van der Waals surface area contributed by atoms with Crippen molar-refractivity contribution in [1.82, 2.24) is 15.0 Å². The molecule has 0 radical (unpaired) electrons. The van der Waals surface area contributed by atoms with E-state index in [0.717, 1.165) is 0 Å². The second-order valence-corrected chi connectivity index (χ2v) is 3.38. The Morgan fingerprint density at radius 1 is 1.00 bits per heavy atom. The smallest absolute Gasteiger partial charge is 0.224 e. The van der Waals surface area contributed by atoms with Gasteiger partial charge < -0.3 is 0 Å². The molecule has 0 saturated heterocycles. The number of pyridine rings is 1. The summed E-state index contributed by atoms with van der Waals surface area (Å²) in [4.78, 5) is 11.6. The van der Waals surface area contributed by atoms with Crippen LogP contribution in [0.15, 0.2) is 12.3 Å². The van der Waals surface area contributed by atoms with Crippen LogP contribution >= 0.6 is 34.8 Å². The van der Waals surface area contributed by atoms with Gasteiger partial charge in [0.2, 0.25) is 5.28 Å². The van der Waals surface area contributed by atoms with E-state index in [9.17, 15) is 0 Å². The van der Waals surface area contributed by atoms with Crippen LogP contribution < -0.4 is 0 Å². The van der Waals surface area contributed by atoms with Crippen LogP contribution in [0.1, 0.15) is 0 Å². The molecule has 0 spiro atoms. The van der Waals surface area contributed by atoms with Gasteiger partial charge in [0.15, 0.2) is 5.15 Å². The zero-order chi connectivity index (χ0) is 9.42. The minimum Gasteiger partial charge on any atom is -0.251 e. The highest BCUT2D eigenvalue weighted by molar-refractivity contribution is 6.39. The number of rotatable bonds is 0. The van der Waals surface area contributed by atoms with Gasteiger partial charge in [0.25, 0.3) is 0 Å². The van der Waals surface area contributed by atoms with Gasteiger partial charge in [-0.15, -0.1) is 0 Å². The first-order chi connectivity index (χ1) is 6.18. The Bertz CT molecular complexity index is 472. The highest BCUT2D eigenvalue weighted by Crippen LogP contribution is 2.25. The number of nitrogens with zero attached hydrogens (tertiary/aromatic N) is 3. The Hall–Kier alpha value is -0.640. The molecule has 0 unspecified atom stereocenters. The van der Waals surface area contributed by atoms with Gasteiger partial charge in [-0.2, -0.15) is 0 Å². The van der Waals surface area contributed by atoms with Crippen LogP contribution in [-0.2, 0) is 0 Å². The number of hydrogen-bond acceptors (Lipinski definition) is 3. The molecule has 2 aromatic rings. The van der Waals surface area contributed by atoms with Gasteiger partial charge in [-0.1, -0.05) is 23.2 Å². The SMILES string of the molecule is Clc1nc(Cl)c2nccc(Cl)c2n1. The van der Waals surface area contributed by atoms with Crippen molar-refractivity contribution in [2.45, 2.75) is 0 Å². The second-order valence-electron chi connectivity index (χ2n) is 2.27. The molecule has 0 fully saturated rings. The van der Waals surface area contributed by atoms with Gasteiger partial charge in [0, 0.05) is 6.20 Å². The second kappa shape index (κ2) is 3.25. The van der Waals surface area contributed by atoms with E-state index in [1.54, 1.807) is 6.07 Å². The van der Waals surface area contributed by atoms with E-state index in [-0.39, 0.29) is 10.4 Å². The maximum atomic E-state index is 5.85. The van der Waals surface area contributed by atoms with E-state index in [4.69, 9.17) is 34.8 Å². The largest absolute Gasteiger partial charge is 0.251 e. The molecule has 0 N–H and O–H groups in total. The summed E-state index contributed by atoms with van der Waals surface area (Å²) in [7, 11) is 0. The van der Waals surface area contributed by atoms with Crippen molar-refractivity contribution < 1.29 is 0 Å². The van der Waals surface area contributed by atoms with E-state index in [1.807, 2.05) is 0 Å². The molecule has 2 aromatic heterocycles. The molecule has 0 aliphatic carbocycles. The van der Waals surface area contributed by atoms with Crippen molar-refractivity contribution in [2.24, 2.45) is 0 Å². The topological polar surface area (TPSA) is 38.7 Å². The zero-order valence-corrected chi connectivity index (χ0v) is 8.40. The maximum absolute atomic E-state index is 5.85. The lowest BCUT2D eigenvalue weighted by Gasteiger charge is -1.99. The molecule has 6 heteroatoms. The first-order valence-corrected chi connectivity index (χ1v) is 4.45. The van der Waals surface area contributed by atoms with Crippen molar-refractivity contribution in [2.75, 3.05) is 0 Å². The lowest BCUT2D eigenvalue weighted by molar-refractivity contribution is 1.20. The maximum Gasteiger partial charge on any atom is 0.224 e. The van der Waals surface area contributed by atoms with Gasteiger partial charge >= 0.3 is 0 Å². The molecule has 0 aliphatic rings.